The molecular formula is C6H19GeN3. The van der Waals surface area contributed by atoms with Gasteiger partial charge < -0.3 is 0 Å². The summed E-state index contributed by atoms with van der Waals surface area (Å²) in [6, 6.07) is 0. The summed E-state index contributed by atoms with van der Waals surface area (Å²) in [7, 11) is 0. The molecule has 10 heavy (non-hydrogen) atoms. The van der Waals surface area contributed by atoms with Crippen molar-refractivity contribution in [3.05, 3.63) is 0 Å². The fourth-order valence-electron chi connectivity index (χ4n) is 1.14. The van der Waals surface area contributed by atoms with E-state index in [2.05, 4.69) is 0 Å². The third kappa shape index (κ3) is 5.23. The third-order valence-corrected chi connectivity index (χ3v) is 8.96. The van der Waals surface area contributed by atoms with Crippen LogP contribution in [0.1, 0.15) is 0 Å². The average Bonchev–Trinajstić information content (AvgIpc) is 1.90. The molecule has 0 bridgehead atoms. The molecule has 0 aromatic rings. The predicted molar refractivity (Wildman–Crippen MR) is 48.7 cm³/mol. The van der Waals surface area contributed by atoms with Crippen molar-refractivity contribution in [1.29, 1.82) is 0 Å². The number of hydrogen-bond donors (Lipinski definition) is 3. The second-order valence-electron chi connectivity index (χ2n) is 2.60. The van der Waals surface area contributed by atoms with Gasteiger partial charge in [0.1, 0.15) is 0 Å². The van der Waals surface area contributed by atoms with Crippen LogP contribution in [0.25, 0.3) is 0 Å². The quantitative estimate of drug-likeness (QED) is 0.492. The third-order valence-electron chi connectivity index (χ3n) is 1.72. The van der Waals surface area contributed by atoms with Crippen molar-refractivity contribution in [3.63, 3.8) is 0 Å². The summed E-state index contributed by atoms with van der Waals surface area (Å²) in [5.41, 5.74) is 16.4. The number of rotatable bonds is 6. The van der Waals surface area contributed by atoms with Crippen molar-refractivity contribution < 1.29 is 0 Å². The normalized spacial score (nSPS) is 10.8. The van der Waals surface area contributed by atoms with Crippen LogP contribution in [0, 0.1) is 0 Å². The van der Waals surface area contributed by atoms with Gasteiger partial charge in [-0.05, 0) is 0 Å². The Labute approximate surface area is 67.4 Å². The first-order chi connectivity index (χ1) is 4.85. The van der Waals surface area contributed by atoms with E-state index < -0.39 is 14.3 Å². The van der Waals surface area contributed by atoms with Gasteiger partial charge in [-0.3, -0.25) is 0 Å². The minimum absolute atomic E-state index is 0.838. The maximum atomic E-state index is 5.46. The number of nitrogens with two attached hydrogens (primary N) is 3. The van der Waals surface area contributed by atoms with Gasteiger partial charge in [0.15, 0.2) is 0 Å². The monoisotopic (exact) mass is 207 g/mol. The van der Waals surface area contributed by atoms with Gasteiger partial charge >= 0.3 is 66.9 Å². The Bertz CT molecular complexity index is 55.7. The Morgan fingerprint density at radius 3 is 1.20 bits per heavy atom. The van der Waals surface area contributed by atoms with Crippen LogP contribution in [0.4, 0.5) is 0 Å². The van der Waals surface area contributed by atoms with Crippen molar-refractivity contribution in [2.45, 2.75) is 15.8 Å². The van der Waals surface area contributed by atoms with Crippen molar-refractivity contribution >= 4 is 14.3 Å². The molecule has 0 aromatic carbocycles. The van der Waals surface area contributed by atoms with Crippen LogP contribution in [0.5, 0.6) is 0 Å². The van der Waals surface area contributed by atoms with E-state index in [-0.39, 0.29) is 0 Å². The van der Waals surface area contributed by atoms with Crippen molar-refractivity contribution in [2.24, 2.45) is 17.2 Å². The Balaban J connectivity index is 3.30. The van der Waals surface area contributed by atoms with Crippen LogP contribution in [0.3, 0.4) is 0 Å². The van der Waals surface area contributed by atoms with Gasteiger partial charge in [-0.25, -0.2) is 0 Å². The van der Waals surface area contributed by atoms with Crippen LogP contribution in [-0.2, 0) is 0 Å². The van der Waals surface area contributed by atoms with E-state index in [4.69, 9.17) is 17.2 Å². The first-order valence-corrected chi connectivity index (χ1v) is 9.09. The van der Waals surface area contributed by atoms with Gasteiger partial charge in [0.25, 0.3) is 0 Å². The van der Waals surface area contributed by atoms with E-state index in [0.717, 1.165) is 19.6 Å². The summed E-state index contributed by atoms with van der Waals surface area (Å²) in [5.74, 6) is 0. The molecular weight excluding hydrogens is 187 g/mol. The van der Waals surface area contributed by atoms with Gasteiger partial charge in [0.2, 0.25) is 0 Å². The second kappa shape index (κ2) is 7.53. The molecule has 0 aliphatic carbocycles. The summed E-state index contributed by atoms with van der Waals surface area (Å²) in [5, 5.41) is 3.75. The summed E-state index contributed by atoms with van der Waals surface area (Å²) in [4.78, 5) is 0. The Kier molecular flexibility index (Phi) is 7.85. The van der Waals surface area contributed by atoms with E-state index >= 15 is 0 Å². The van der Waals surface area contributed by atoms with E-state index in [1.807, 2.05) is 0 Å². The molecule has 0 fully saturated rings. The fraction of sp³-hybridized carbons (Fsp3) is 1.00. The molecule has 0 aromatic heterocycles. The van der Waals surface area contributed by atoms with E-state index in [0.29, 0.717) is 0 Å². The summed E-state index contributed by atoms with van der Waals surface area (Å²) < 4.78 is 0. The molecule has 0 saturated heterocycles. The summed E-state index contributed by atoms with van der Waals surface area (Å²) in [6.07, 6.45) is 0. The molecule has 6 N–H and O–H groups in total. The van der Waals surface area contributed by atoms with Crippen LogP contribution in [0.15, 0.2) is 0 Å². The molecule has 0 aliphatic rings. The molecule has 3 nitrogen and oxygen atoms in total. The van der Waals surface area contributed by atoms with Gasteiger partial charge in [0.05, 0.1) is 0 Å². The molecule has 4 heteroatoms. The average molecular weight is 206 g/mol. The Hall–Kier alpha value is 0.423. The molecule has 0 saturated carbocycles. The fourth-order valence-corrected chi connectivity index (χ4v) is 5.92. The minimum atomic E-state index is -1.05. The van der Waals surface area contributed by atoms with E-state index in [1.165, 1.54) is 15.8 Å². The Morgan fingerprint density at radius 2 is 1.00 bits per heavy atom. The molecule has 0 radical (unpaired) electrons. The summed E-state index contributed by atoms with van der Waals surface area (Å²) in [6.45, 7) is 2.51. The van der Waals surface area contributed by atoms with Gasteiger partial charge in [-0.1, -0.05) is 0 Å². The second-order valence-corrected chi connectivity index (χ2v) is 9.87. The zero-order chi connectivity index (χ0) is 7.82. The van der Waals surface area contributed by atoms with Crippen molar-refractivity contribution in [3.8, 4) is 0 Å². The maximum absolute atomic E-state index is 5.46. The number of hydrogen-bond acceptors (Lipinski definition) is 3. The van der Waals surface area contributed by atoms with Gasteiger partial charge in [0, 0.05) is 0 Å². The molecule has 0 spiro atoms. The van der Waals surface area contributed by atoms with Crippen LogP contribution >= 0.6 is 0 Å². The van der Waals surface area contributed by atoms with Gasteiger partial charge in [-0.15, -0.1) is 0 Å². The SMILES string of the molecule is NC[CH2][GeH]([CH2]CN)[CH2]CN. The molecule has 0 aliphatic heterocycles. The van der Waals surface area contributed by atoms with Gasteiger partial charge in [-0.2, -0.15) is 0 Å². The molecule has 0 heterocycles. The topological polar surface area (TPSA) is 78.1 Å². The molecule has 0 rings (SSSR count). The van der Waals surface area contributed by atoms with Crippen LogP contribution < -0.4 is 17.2 Å². The zero-order valence-electron chi connectivity index (χ0n) is 6.55. The van der Waals surface area contributed by atoms with E-state index in [1.54, 1.807) is 0 Å². The van der Waals surface area contributed by atoms with Crippen molar-refractivity contribution in [1.82, 2.24) is 0 Å². The standard InChI is InChI=1S/C6H19GeN3/c8-4-1-7(2-5-9)3-6-10/h7H,1-6,8-10H2. The molecule has 62 valence electrons. The molecule has 0 atom stereocenters. The van der Waals surface area contributed by atoms with E-state index in [9.17, 15) is 0 Å². The van der Waals surface area contributed by atoms with Crippen molar-refractivity contribution in [2.75, 3.05) is 19.6 Å². The molecule has 0 amide bonds. The van der Waals surface area contributed by atoms with Crippen LogP contribution in [0.2, 0.25) is 15.8 Å². The Morgan fingerprint density at radius 1 is 0.700 bits per heavy atom. The predicted octanol–water partition coefficient (Wildman–Crippen LogP) is -0.910. The van der Waals surface area contributed by atoms with Crippen LogP contribution in [-0.4, -0.2) is 34.0 Å². The zero-order valence-corrected chi connectivity index (χ0v) is 8.97. The summed E-state index contributed by atoms with van der Waals surface area (Å²) >= 11 is -1.05. The first-order valence-electron chi connectivity index (χ1n) is 3.95. The first kappa shape index (κ1) is 10.4. The molecule has 0 unspecified atom stereocenters.